The third-order valence-electron chi connectivity index (χ3n) is 4.73. The molecule has 30 heavy (non-hydrogen) atoms. The van der Waals surface area contributed by atoms with Gasteiger partial charge in [0.05, 0.1) is 16.9 Å². The van der Waals surface area contributed by atoms with Crippen LogP contribution < -0.4 is 0 Å². The number of nitrogens with zero attached hydrogens (tertiary/aromatic N) is 3. The molecular weight excluding hydrogens is 400 g/mol. The lowest BCUT2D eigenvalue weighted by Crippen LogP contribution is -1.94. The first kappa shape index (κ1) is 18.4. The number of aromatic nitrogens is 3. The molecule has 3 nitrogen and oxygen atoms in total. The van der Waals surface area contributed by atoms with Crippen molar-refractivity contribution in [2.24, 2.45) is 0 Å². The molecule has 0 radical (unpaired) electrons. The molecule has 2 heterocycles. The van der Waals surface area contributed by atoms with E-state index in [4.69, 9.17) is 10.1 Å². The molecule has 5 rings (SSSR count). The summed E-state index contributed by atoms with van der Waals surface area (Å²) in [5.41, 5.74) is 4.91. The molecule has 3 aromatic carbocycles. The molecule has 0 saturated carbocycles. The lowest BCUT2D eigenvalue weighted by Gasteiger charge is -2.01. The van der Waals surface area contributed by atoms with Crippen LogP contribution in [0.1, 0.15) is 0 Å². The Morgan fingerprint density at radius 2 is 1.37 bits per heavy atom. The van der Waals surface area contributed by atoms with E-state index in [1.807, 2.05) is 41.9 Å². The van der Waals surface area contributed by atoms with Gasteiger partial charge in [-0.3, -0.25) is 0 Å². The molecule has 0 N–H and O–H groups in total. The van der Waals surface area contributed by atoms with E-state index in [1.165, 1.54) is 35.6 Å². The molecule has 0 saturated heterocycles. The van der Waals surface area contributed by atoms with Crippen LogP contribution in [0.2, 0.25) is 0 Å². The van der Waals surface area contributed by atoms with Gasteiger partial charge in [0.2, 0.25) is 0 Å². The van der Waals surface area contributed by atoms with Gasteiger partial charge < -0.3 is 0 Å². The van der Waals surface area contributed by atoms with Crippen molar-refractivity contribution in [2.45, 2.75) is 0 Å². The van der Waals surface area contributed by atoms with E-state index < -0.39 is 0 Å². The summed E-state index contributed by atoms with van der Waals surface area (Å²) in [7, 11) is 0. The number of hydrogen-bond acceptors (Lipinski definition) is 3. The van der Waals surface area contributed by atoms with Gasteiger partial charge in [0, 0.05) is 22.7 Å². The molecule has 5 aromatic rings. The summed E-state index contributed by atoms with van der Waals surface area (Å²) in [5.74, 6) is -0.576. The van der Waals surface area contributed by atoms with E-state index in [9.17, 15) is 8.78 Å². The van der Waals surface area contributed by atoms with E-state index in [1.54, 1.807) is 28.9 Å². The highest BCUT2D eigenvalue weighted by Gasteiger charge is 2.17. The topological polar surface area (TPSA) is 30.7 Å². The predicted octanol–water partition coefficient (Wildman–Crippen LogP) is 6.61. The lowest BCUT2D eigenvalue weighted by molar-refractivity contribution is 0.627. The number of rotatable bonds is 4. The zero-order valence-electron chi connectivity index (χ0n) is 15.7. The molecule has 146 valence electrons. The fourth-order valence-electron chi connectivity index (χ4n) is 3.22. The van der Waals surface area contributed by atoms with Crippen LogP contribution >= 0.6 is 11.3 Å². The molecule has 0 bridgehead atoms. The molecule has 0 fully saturated rings. The SMILES string of the molecule is Fc1ccc(-c2csc(-c3cn(-c4ccccc4)nc3-c3ccc(F)cc3)n2)cc1. The van der Waals surface area contributed by atoms with Gasteiger partial charge in [0.25, 0.3) is 0 Å². The van der Waals surface area contributed by atoms with Gasteiger partial charge in [-0.15, -0.1) is 11.3 Å². The van der Waals surface area contributed by atoms with Crippen LogP contribution in [-0.2, 0) is 0 Å². The largest absolute Gasteiger partial charge is 0.240 e. The smallest absolute Gasteiger partial charge is 0.127 e. The first-order valence-corrected chi connectivity index (χ1v) is 10.2. The van der Waals surface area contributed by atoms with Crippen LogP contribution in [0, 0.1) is 11.6 Å². The highest BCUT2D eigenvalue weighted by atomic mass is 32.1. The van der Waals surface area contributed by atoms with E-state index in [0.29, 0.717) is 0 Å². The summed E-state index contributed by atoms with van der Waals surface area (Å²) in [5, 5.41) is 7.49. The highest BCUT2D eigenvalue weighted by Crippen LogP contribution is 2.36. The van der Waals surface area contributed by atoms with Crippen LogP contribution in [0.3, 0.4) is 0 Å². The summed E-state index contributed by atoms with van der Waals surface area (Å²) >= 11 is 1.49. The fourth-order valence-corrected chi connectivity index (χ4v) is 4.05. The van der Waals surface area contributed by atoms with E-state index in [0.717, 1.165) is 38.8 Å². The van der Waals surface area contributed by atoms with Crippen molar-refractivity contribution in [2.75, 3.05) is 0 Å². The fraction of sp³-hybridized carbons (Fsp3) is 0. The maximum Gasteiger partial charge on any atom is 0.127 e. The van der Waals surface area contributed by atoms with Gasteiger partial charge in [0.1, 0.15) is 22.3 Å². The van der Waals surface area contributed by atoms with Crippen LogP contribution in [0.4, 0.5) is 8.78 Å². The third-order valence-corrected chi connectivity index (χ3v) is 5.60. The van der Waals surface area contributed by atoms with Gasteiger partial charge in [-0.2, -0.15) is 5.10 Å². The number of para-hydroxylation sites is 1. The maximum atomic E-state index is 13.5. The second kappa shape index (κ2) is 7.65. The Labute approximate surface area is 175 Å². The average molecular weight is 415 g/mol. The van der Waals surface area contributed by atoms with Crippen LogP contribution in [-0.4, -0.2) is 14.8 Å². The number of hydrogen-bond donors (Lipinski definition) is 0. The van der Waals surface area contributed by atoms with Crippen molar-refractivity contribution in [3.8, 4) is 38.8 Å². The lowest BCUT2D eigenvalue weighted by atomic mass is 10.1. The summed E-state index contributed by atoms with van der Waals surface area (Å²) < 4.78 is 28.5. The van der Waals surface area contributed by atoms with Crippen molar-refractivity contribution >= 4 is 11.3 Å². The molecule has 0 aliphatic carbocycles. The first-order valence-electron chi connectivity index (χ1n) is 9.30. The molecule has 0 amide bonds. The van der Waals surface area contributed by atoms with Crippen molar-refractivity contribution in [3.63, 3.8) is 0 Å². The Kier molecular flexibility index (Phi) is 4.69. The molecule has 0 aliphatic rings. The number of halogens is 2. The first-order chi connectivity index (χ1) is 14.7. The van der Waals surface area contributed by atoms with Crippen molar-refractivity contribution in [1.82, 2.24) is 14.8 Å². The standard InChI is InChI=1S/C24H15F2N3S/c25-18-10-6-16(7-11-18)22-15-30-24(27-22)21-14-29(20-4-2-1-3-5-20)28-23(21)17-8-12-19(26)13-9-17/h1-15H. The van der Waals surface area contributed by atoms with Gasteiger partial charge in [0.15, 0.2) is 0 Å². The molecule has 0 atom stereocenters. The zero-order chi connectivity index (χ0) is 20.5. The van der Waals surface area contributed by atoms with Crippen LogP contribution in [0.25, 0.3) is 38.8 Å². The zero-order valence-corrected chi connectivity index (χ0v) is 16.5. The third kappa shape index (κ3) is 3.53. The van der Waals surface area contributed by atoms with Gasteiger partial charge in [-0.25, -0.2) is 18.4 Å². The monoisotopic (exact) mass is 415 g/mol. The second-order valence-electron chi connectivity index (χ2n) is 6.72. The van der Waals surface area contributed by atoms with E-state index in [-0.39, 0.29) is 11.6 Å². The Morgan fingerprint density at radius 3 is 2.03 bits per heavy atom. The predicted molar refractivity (Wildman–Crippen MR) is 115 cm³/mol. The Balaban J connectivity index is 1.62. The Hall–Kier alpha value is -3.64. The van der Waals surface area contributed by atoms with Crippen LogP contribution in [0.15, 0.2) is 90.4 Å². The molecular formula is C24H15F2N3S. The quantitative estimate of drug-likeness (QED) is 0.331. The number of thiazole rings is 1. The van der Waals surface area contributed by atoms with Crippen LogP contribution in [0.5, 0.6) is 0 Å². The Bertz CT molecular complexity index is 1290. The molecule has 0 aliphatic heterocycles. The van der Waals surface area contributed by atoms with Crippen molar-refractivity contribution in [3.05, 3.63) is 102 Å². The van der Waals surface area contributed by atoms with Crippen molar-refractivity contribution < 1.29 is 8.78 Å². The summed E-state index contributed by atoms with van der Waals surface area (Å²) in [4.78, 5) is 4.76. The minimum Gasteiger partial charge on any atom is -0.240 e. The van der Waals surface area contributed by atoms with Gasteiger partial charge in [-0.05, 0) is 60.7 Å². The average Bonchev–Trinajstić information content (AvgIpc) is 3.43. The van der Waals surface area contributed by atoms with Gasteiger partial charge >= 0.3 is 0 Å². The maximum absolute atomic E-state index is 13.5. The Morgan fingerprint density at radius 1 is 0.733 bits per heavy atom. The molecule has 0 unspecified atom stereocenters. The minimum atomic E-state index is -0.296. The normalized spacial score (nSPS) is 11.0. The molecule has 2 aromatic heterocycles. The number of benzene rings is 3. The second-order valence-corrected chi connectivity index (χ2v) is 7.58. The molecule has 6 heteroatoms. The highest BCUT2D eigenvalue weighted by molar-refractivity contribution is 7.13. The molecule has 0 spiro atoms. The van der Waals surface area contributed by atoms with E-state index in [2.05, 4.69) is 0 Å². The minimum absolute atomic E-state index is 0.281. The van der Waals surface area contributed by atoms with Crippen molar-refractivity contribution in [1.29, 1.82) is 0 Å². The summed E-state index contributed by atoms with van der Waals surface area (Å²) in [6.07, 6.45) is 1.93. The van der Waals surface area contributed by atoms with Gasteiger partial charge in [-0.1, -0.05) is 18.2 Å². The van der Waals surface area contributed by atoms with E-state index >= 15 is 0 Å². The summed E-state index contributed by atoms with van der Waals surface area (Å²) in [6, 6.07) is 22.3. The summed E-state index contributed by atoms with van der Waals surface area (Å²) in [6.45, 7) is 0.